The minimum atomic E-state index is 0.117. The smallest absolute Gasteiger partial charge is 0.240 e. The SMILES string of the molecule is CCC(Br)c1nc(-c2ccoc2C)no1. The van der Waals surface area contributed by atoms with E-state index in [0.29, 0.717) is 11.7 Å². The standard InChI is InChI=1S/C10H11BrN2O2/c1-3-8(11)10-12-9(13-15-10)7-4-5-14-6(7)2/h4-5,8H,3H2,1-2H3. The summed E-state index contributed by atoms with van der Waals surface area (Å²) >= 11 is 3.46. The van der Waals surface area contributed by atoms with Gasteiger partial charge in [0.05, 0.1) is 16.7 Å². The molecule has 5 heteroatoms. The molecular weight excluding hydrogens is 260 g/mol. The summed E-state index contributed by atoms with van der Waals surface area (Å²) in [6, 6.07) is 1.83. The van der Waals surface area contributed by atoms with Gasteiger partial charge in [0.1, 0.15) is 5.76 Å². The maximum Gasteiger partial charge on any atom is 0.240 e. The monoisotopic (exact) mass is 270 g/mol. The van der Waals surface area contributed by atoms with E-state index in [1.807, 2.05) is 19.9 Å². The first-order valence-electron chi connectivity index (χ1n) is 4.74. The van der Waals surface area contributed by atoms with Crippen molar-refractivity contribution in [3.63, 3.8) is 0 Å². The Bertz CT molecular complexity index is 450. The molecule has 0 fully saturated rings. The van der Waals surface area contributed by atoms with Crippen LogP contribution in [0.2, 0.25) is 0 Å². The Labute approximate surface area is 95.8 Å². The van der Waals surface area contributed by atoms with E-state index in [-0.39, 0.29) is 4.83 Å². The molecule has 4 nitrogen and oxygen atoms in total. The summed E-state index contributed by atoms with van der Waals surface area (Å²) in [6.45, 7) is 3.92. The molecule has 0 saturated carbocycles. The molecule has 0 saturated heterocycles. The molecule has 0 aliphatic rings. The zero-order chi connectivity index (χ0) is 10.8. The summed E-state index contributed by atoms with van der Waals surface area (Å²) < 4.78 is 10.3. The maximum absolute atomic E-state index is 5.18. The van der Waals surface area contributed by atoms with Gasteiger partial charge in [0.15, 0.2) is 0 Å². The van der Waals surface area contributed by atoms with Crippen molar-refractivity contribution >= 4 is 15.9 Å². The first-order chi connectivity index (χ1) is 7.22. The zero-order valence-corrected chi connectivity index (χ0v) is 10.1. The van der Waals surface area contributed by atoms with Crippen molar-refractivity contribution in [3.8, 4) is 11.4 Å². The van der Waals surface area contributed by atoms with Crippen LogP contribution >= 0.6 is 15.9 Å². The lowest BCUT2D eigenvalue weighted by Gasteiger charge is -1.96. The predicted octanol–water partition coefficient (Wildman–Crippen LogP) is 3.48. The van der Waals surface area contributed by atoms with Crippen LogP contribution in [0.1, 0.15) is 29.8 Å². The van der Waals surface area contributed by atoms with E-state index in [4.69, 9.17) is 8.94 Å². The predicted molar refractivity (Wildman–Crippen MR) is 58.7 cm³/mol. The first kappa shape index (κ1) is 10.4. The fourth-order valence-electron chi connectivity index (χ4n) is 1.26. The highest BCUT2D eigenvalue weighted by Crippen LogP contribution is 2.27. The Kier molecular flexibility index (Phi) is 2.90. The third-order valence-electron chi connectivity index (χ3n) is 2.17. The molecule has 1 unspecified atom stereocenters. The number of rotatable bonds is 3. The second kappa shape index (κ2) is 4.18. The van der Waals surface area contributed by atoms with Crippen LogP contribution in [0.25, 0.3) is 11.4 Å². The van der Waals surface area contributed by atoms with Crippen LogP contribution in [0.4, 0.5) is 0 Å². The Hall–Kier alpha value is -1.10. The molecule has 2 rings (SSSR count). The molecular formula is C10H11BrN2O2. The van der Waals surface area contributed by atoms with Gasteiger partial charge in [-0.05, 0) is 19.4 Å². The normalized spacial score (nSPS) is 13.0. The van der Waals surface area contributed by atoms with Gasteiger partial charge in [0, 0.05) is 0 Å². The number of aryl methyl sites for hydroxylation is 1. The Balaban J connectivity index is 2.32. The number of hydrogen-bond acceptors (Lipinski definition) is 4. The van der Waals surface area contributed by atoms with Gasteiger partial charge in [-0.2, -0.15) is 4.98 Å². The molecule has 2 aromatic heterocycles. The molecule has 1 atom stereocenters. The molecule has 0 amide bonds. The molecule has 80 valence electrons. The van der Waals surface area contributed by atoms with Gasteiger partial charge in [-0.3, -0.25) is 0 Å². The van der Waals surface area contributed by atoms with Gasteiger partial charge in [0.2, 0.25) is 11.7 Å². The largest absolute Gasteiger partial charge is 0.469 e. The molecule has 2 heterocycles. The van der Waals surface area contributed by atoms with Crippen molar-refractivity contribution < 1.29 is 8.94 Å². The van der Waals surface area contributed by atoms with Gasteiger partial charge in [0.25, 0.3) is 0 Å². The molecule has 0 N–H and O–H groups in total. The summed E-state index contributed by atoms with van der Waals surface area (Å²) in [5.41, 5.74) is 0.876. The number of furan rings is 1. The second-order valence-corrected chi connectivity index (χ2v) is 4.33. The highest BCUT2D eigenvalue weighted by molar-refractivity contribution is 9.09. The van der Waals surface area contributed by atoms with Gasteiger partial charge in [-0.15, -0.1) is 0 Å². The van der Waals surface area contributed by atoms with Crippen LogP contribution in [-0.2, 0) is 0 Å². The van der Waals surface area contributed by atoms with Crippen molar-refractivity contribution in [1.29, 1.82) is 0 Å². The van der Waals surface area contributed by atoms with E-state index < -0.39 is 0 Å². The minimum absolute atomic E-state index is 0.117. The van der Waals surface area contributed by atoms with E-state index >= 15 is 0 Å². The number of alkyl halides is 1. The zero-order valence-electron chi connectivity index (χ0n) is 8.53. The quantitative estimate of drug-likeness (QED) is 0.802. The van der Waals surface area contributed by atoms with Crippen LogP contribution in [0.5, 0.6) is 0 Å². The van der Waals surface area contributed by atoms with Crippen LogP contribution in [-0.4, -0.2) is 10.1 Å². The molecule has 0 bridgehead atoms. The average Bonchev–Trinajstić information content (AvgIpc) is 2.84. The number of halogens is 1. The minimum Gasteiger partial charge on any atom is -0.469 e. The summed E-state index contributed by atoms with van der Waals surface area (Å²) in [5.74, 6) is 1.98. The lowest BCUT2D eigenvalue weighted by Crippen LogP contribution is -1.87. The molecule has 0 radical (unpaired) electrons. The Morgan fingerprint density at radius 1 is 1.53 bits per heavy atom. The van der Waals surface area contributed by atoms with Gasteiger partial charge in [-0.25, -0.2) is 0 Å². The highest BCUT2D eigenvalue weighted by Gasteiger charge is 2.16. The summed E-state index contributed by atoms with van der Waals surface area (Å²) in [4.78, 5) is 4.42. The van der Waals surface area contributed by atoms with Crippen molar-refractivity contribution in [2.75, 3.05) is 0 Å². The number of hydrogen-bond donors (Lipinski definition) is 0. The summed E-state index contributed by atoms with van der Waals surface area (Å²) in [5, 5.41) is 3.91. The molecule has 15 heavy (non-hydrogen) atoms. The van der Waals surface area contributed by atoms with Crippen LogP contribution in [0.15, 0.2) is 21.3 Å². The fourth-order valence-corrected chi connectivity index (χ4v) is 1.45. The molecule has 0 spiro atoms. The van der Waals surface area contributed by atoms with Gasteiger partial charge in [-0.1, -0.05) is 28.0 Å². The molecule has 0 aliphatic heterocycles. The van der Waals surface area contributed by atoms with Crippen LogP contribution < -0.4 is 0 Å². The second-order valence-electron chi connectivity index (χ2n) is 3.22. The summed E-state index contributed by atoms with van der Waals surface area (Å²) in [7, 11) is 0. The van der Waals surface area contributed by atoms with Crippen molar-refractivity contribution in [2.24, 2.45) is 0 Å². The Morgan fingerprint density at radius 3 is 2.93 bits per heavy atom. The molecule has 0 aliphatic carbocycles. The van der Waals surface area contributed by atoms with E-state index in [1.165, 1.54) is 0 Å². The van der Waals surface area contributed by atoms with Crippen LogP contribution in [0.3, 0.4) is 0 Å². The molecule has 0 aromatic carbocycles. The highest BCUT2D eigenvalue weighted by atomic mass is 79.9. The van der Waals surface area contributed by atoms with Gasteiger partial charge >= 0.3 is 0 Å². The van der Waals surface area contributed by atoms with E-state index in [0.717, 1.165) is 17.7 Å². The van der Waals surface area contributed by atoms with Crippen molar-refractivity contribution in [3.05, 3.63) is 24.0 Å². The molecule has 2 aromatic rings. The fraction of sp³-hybridized carbons (Fsp3) is 0.400. The maximum atomic E-state index is 5.18. The topological polar surface area (TPSA) is 52.1 Å². The van der Waals surface area contributed by atoms with Crippen LogP contribution in [0, 0.1) is 6.92 Å². The van der Waals surface area contributed by atoms with E-state index in [9.17, 15) is 0 Å². The Morgan fingerprint density at radius 2 is 2.33 bits per heavy atom. The first-order valence-corrected chi connectivity index (χ1v) is 5.66. The summed E-state index contributed by atoms with van der Waals surface area (Å²) in [6.07, 6.45) is 2.53. The number of aromatic nitrogens is 2. The third-order valence-corrected chi connectivity index (χ3v) is 3.21. The van der Waals surface area contributed by atoms with Crippen molar-refractivity contribution in [1.82, 2.24) is 10.1 Å². The van der Waals surface area contributed by atoms with E-state index in [1.54, 1.807) is 6.26 Å². The van der Waals surface area contributed by atoms with E-state index in [2.05, 4.69) is 26.1 Å². The average molecular weight is 271 g/mol. The third kappa shape index (κ3) is 1.97. The van der Waals surface area contributed by atoms with Gasteiger partial charge < -0.3 is 8.94 Å². The lowest BCUT2D eigenvalue weighted by atomic mass is 10.2. The number of nitrogens with zero attached hydrogens (tertiary/aromatic N) is 2. The van der Waals surface area contributed by atoms with Crippen molar-refractivity contribution in [2.45, 2.75) is 25.1 Å². The lowest BCUT2D eigenvalue weighted by molar-refractivity contribution is 0.377.